The van der Waals surface area contributed by atoms with Crippen molar-refractivity contribution in [3.05, 3.63) is 58.9 Å². The highest BCUT2D eigenvalue weighted by molar-refractivity contribution is 6.31. The van der Waals surface area contributed by atoms with Crippen molar-refractivity contribution in [2.45, 2.75) is 0 Å². The van der Waals surface area contributed by atoms with Crippen molar-refractivity contribution in [3.8, 4) is 0 Å². The number of primary amides is 1. The number of nitrogens with zero attached hydrogens (tertiary/aromatic N) is 3. The summed E-state index contributed by atoms with van der Waals surface area (Å²) in [4.78, 5) is 27.5. The summed E-state index contributed by atoms with van der Waals surface area (Å²) in [6, 6.07) is 11.2. The molecule has 0 atom stereocenters. The largest absolute Gasteiger partial charge is 0.366 e. The Morgan fingerprint density at radius 3 is 2.65 bits per heavy atom. The second kappa shape index (κ2) is 5.98. The lowest BCUT2D eigenvalue weighted by molar-refractivity contribution is 0.0994. The van der Waals surface area contributed by atoms with Crippen LogP contribution in [0.1, 0.15) is 21.0 Å². The molecule has 23 heavy (non-hydrogen) atoms. The highest BCUT2D eigenvalue weighted by Crippen LogP contribution is 2.16. The van der Waals surface area contributed by atoms with Crippen LogP contribution in [-0.2, 0) is 0 Å². The summed E-state index contributed by atoms with van der Waals surface area (Å²) in [6.07, 6.45) is 0. The Balaban J connectivity index is 1.88. The highest BCUT2D eigenvalue weighted by Gasteiger charge is 2.12. The third kappa shape index (κ3) is 3.24. The van der Waals surface area contributed by atoms with Crippen LogP contribution in [0.15, 0.2) is 42.5 Å². The van der Waals surface area contributed by atoms with Crippen LogP contribution in [0.3, 0.4) is 0 Å². The van der Waals surface area contributed by atoms with Gasteiger partial charge in [0.1, 0.15) is 5.52 Å². The lowest BCUT2D eigenvalue weighted by Crippen LogP contribution is -2.17. The van der Waals surface area contributed by atoms with E-state index in [1.54, 1.807) is 36.4 Å². The Morgan fingerprint density at radius 2 is 1.87 bits per heavy atom. The first-order valence-corrected chi connectivity index (χ1v) is 6.92. The van der Waals surface area contributed by atoms with Crippen LogP contribution in [-0.4, -0.2) is 27.0 Å². The van der Waals surface area contributed by atoms with Gasteiger partial charge in [-0.1, -0.05) is 17.7 Å². The molecule has 2 amide bonds. The molecule has 0 spiro atoms. The SMILES string of the molecule is NC(=O)c1cccc(NC(=O)c2nnc3ccc(Cl)cc3n2)c1. The number of amides is 2. The predicted molar refractivity (Wildman–Crippen MR) is 85.3 cm³/mol. The molecular weight excluding hydrogens is 318 g/mol. The van der Waals surface area contributed by atoms with E-state index in [2.05, 4.69) is 20.5 Å². The van der Waals surface area contributed by atoms with Crippen molar-refractivity contribution < 1.29 is 9.59 Å². The zero-order valence-electron chi connectivity index (χ0n) is 11.7. The fraction of sp³-hybridized carbons (Fsp3) is 0. The number of aromatic nitrogens is 3. The molecule has 1 heterocycles. The van der Waals surface area contributed by atoms with Crippen LogP contribution in [0.4, 0.5) is 5.69 Å². The standard InChI is InChI=1S/C15H10ClN5O2/c16-9-4-5-11-12(7-9)19-14(21-20-11)15(23)18-10-3-1-2-8(6-10)13(17)22/h1-7H,(H2,17,22)(H,18,23). The van der Waals surface area contributed by atoms with Crippen LogP contribution < -0.4 is 11.1 Å². The van der Waals surface area contributed by atoms with E-state index in [9.17, 15) is 9.59 Å². The highest BCUT2D eigenvalue weighted by atomic mass is 35.5. The number of anilines is 1. The molecule has 3 aromatic rings. The molecule has 0 bridgehead atoms. The predicted octanol–water partition coefficient (Wildman–Crippen LogP) is 2.03. The molecule has 0 radical (unpaired) electrons. The molecule has 3 rings (SSSR count). The van der Waals surface area contributed by atoms with Gasteiger partial charge in [-0.2, -0.15) is 0 Å². The first kappa shape index (κ1) is 14.9. The molecule has 7 nitrogen and oxygen atoms in total. The van der Waals surface area contributed by atoms with Crippen molar-refractivity contribution in [1.82, 2.24) is 15.2 Å². The number of rotatable bonds is 3. The van der Waals surface area contributed by atoms with Crippen molar-refractivity contribution in [2.75, 3.05) is 5.32 Å². The number of nitrogens with two attached hydrogens (primary N) is 1. The van der Waals surface area contributed by atoms with Crippen LogP contribution >= 0.6 is 11.6 Å². The topological polar surface area (TPSA) is 111 Å². The molecule has 0 unspecified atom stereocenters. The number of nitrogens with one attached hydrogen (secondary N) is 1. The molecule has 3 N–H and O–H groups in total. The lowest BCUT2D eigenvalue weighted by Gasteiger charge is -2.05. The van der Waals surface area contributed by atoms with Gasteiger partial charge in [0.2, 0.25) is 11.7 Å². The number of carbonyl (C=O) groups is 2. The first-order chi connectivity index (χ1) is 11.0. The third-order valence-corrected chi connectivity index (χ3v) is 3.26. The van der Waals surface area contributed by atoms with Gasteiger partial charge in [-0.3, -0.25) is 9.59 Å². The summed E-state index contributed by atoms with van der Waals surface area (Å²) >= 11 is 5.89. The number of carbonyl (C=O) groups excluding carboxylic acids is 2. The maximum absolute atomic E-state index is 12.2. The normalized spacial score (nSPS) is 10.5. The summed E-state index contributed by atoms with van der Waals surface area (Å²) in [5.41, 5.74) is 6.88. The zero-order chi connectivity index (χ0) is 16.4. The molecule has 2 aromatic carbocycles. The van der Waals surface area contributed by atoms with Gasteiger partial charge in [-0.25, -0.2) is 4.98 Å². The van der Waals surface area contributed by atoms with Gasteiger partial charge in [0.05, 0.1) is 5.52 Å². The average Bonchev–Trinajstić information content (AvgIpc) is 2.54. The minimum Gasteiger partial charge on any atom is -0.366 e. The Labute approximate surface area is 135 Å². The lowest BCUT2D eigenvalue weighted by atomic mass is 10.2. The summed E-state index contributed by atoms with van der Waals surface area (Å²) in [7, 11) is 0. The molecule has 0 fully saturated rings. The summed E-state index contributed by atoms with van der Waals surface area (Å²) < 4.78 is 0. The monoisotopic (exact) mass is 327 g/mol. The molecule has 0 aliphatic carbocycles. The molecule has 0 aliphatic rings. The van der Waals surface area contributed by atoms with Gasteiger partial charge in [-0.05, 0) is 36.4 Å². The van der Waals surface area contributed by atoms with Crippen molar-refractivity contribution in [2.24, 2.45) is 5.73 Å². The smallest absolute Gasteiger partial charge is 0.295 e. The first-order valence-electron chi connectivity index (χ1n) is 6.54. The molecule has 0 saturated carbocycles. The number of fused-ring (bicyclic) bond motifs is 1. The van der Waals surface area contributed by atoms with Crippen LogP contribution in [0.5, 0.6) is 0 Å². The molecule has 1 aromatic heterocycles. The fourth-order valence-electron chi connectivity index (χ4n) is 1.94. The number of hydrogen-bond acceptors (Lipinski definition) is 5. The van der Waals surface area contributed by atoms with E-state index in [1.807, 2.05) is 0 Å². The minimum atomic E-state index is -0.584. The number of hydrogen-bond donors (Lipinski definition) is 2. The van der Waals surface area contributed by atoms with E-state index in [4.69, 9.17) is 17.3 Å². The van der Waals surface area contributed by atoms with Gasteiger partial charge in [0.25, 0.3) is 5.91 Å². The second-order valence-corrected chi connectivity index (χ2v) is 5.10. The second-order valence-electron chi connectivity index (χ2n) is 4.67. The zero-order valence-corrected chi connectivity index (χ0v) is 12.4. The van der Waals surface area contributed by atoms with Crippen LogP contribution in [0.2, 0.25) is 5.02 Å². The van der Waals surface area contributed by atoms with Crippen LogP contribution in [0, 0.1) is 0 Å². The summed E-state index contributed by atoms with van der Waals surface area (Å²) in [5.74, 6) is -1.25. The Hall–Kier alpha value is -3.06. The quantitative estimate of drug-likeness (QED) is 0.764. The Morgan fingerprint density at radius 1 is 1.04 bits per heavy atom. The number of halogens is 1. The fourth-order valence-corrected chi connectivity index (χ4v) is 2.11. The van der Waals surface area contributed by atoms with Gasteiger partial charge >= 0.3 is 0 Å². The van der Waals surface area contributed by atoms with Crippen LogP contribution in [0.25, 0.3) is 11.0 Å². The van der Waals surface area contributed by atoms with E-state index in [-0.39, 0.29) is 11.4 Å². The molecule has 114 valence electrons. The maximum Gasteiger partial charge on any atom is 0.295 e. The van der Waals surface area contributed by atoms with E-state index >= 15 is 0 Å². The Kier molecular flexibility index (Phi) is 3.86. The van der Waals surface area contributed by atoms with E-state index in [0.29, 0.717) is 21.7 Å². The summed E-state index contributed by atoms with van der Waals surface area (Å²) in [5, 5.41) is 10.8. The molecule has 0 saturated heterocycles. The van der Waals surface area contributed by atoms with E-state index < -0.39 is 11.8 Å². The average molecular weight is 328 g/mol. The van der Waals surface area contributed by atoms with Crippen molar-refractivity contribution >= 4 is 40.1 Å². The van der Waals surface area contributed by atoms with E-state index in [1.165, 1.54) is 6.07 Å². The van der Waals surface area contributed by atoms with Crippen molar-refractivity contribution in [3.63, 3.8) is 0 Å². The minimum absolute atomic E-state index is 0.107. The molecule has 8 heteroatoms. The Bertz CT molecular complexity index is 929. The van der Waals surface area contributed by atoms with Gasteiger partial charge in [0, 0.05) is 16.3 Å². The maximum atomic E-state index is 12.2. The third-order valence-electron chi connectivity index (χ3n) is 3.02. The summed E-state index contributed by atoms with van der Waals surface area (Å²) in [6.45, 7) is 0. The van der Waals surface area contributed by atoms with E-state index in [0.717, 1.165) is 0 Å². The van der Waals surface area contributed by atoms with Gasteiger partial charge in [0.15, 0.2) is 0 Å². The number of benzene rings is 2. The van der Waals surface area contributed by atoms with Gasteiger partial charge in [-0.15, -0.1) is 10.2 Å². The molecular formula is C15H10ClN5O2. The van der Waals surface area contributed by atoms with Crippen molar-refractivity contribution in [1.29, 1.82) is 0 Å². The van der Waals surface area contributed by atoms with Gasteiger partial charge < -0.3 is 11.1 Å². The molecule has 0 aliphatic heterocycles.